The number of nitrogens with two attached hydrogens (primary N) is 1. The maximum atomic E-state index is 10.3. The molecule has 0 spiro atoms. The van der Waals surface area contributed by atoms with Crippen LogP contribution in [0.4, 0.5) is 0 Å². The summed E-state index contributed by atoms with van der Waals surface area (Å²) in [6.45, 7) is 1.79. The van der Waals surface area contributed by atoms with Crippen molar-refractivity contribution in [3.63, 3.8) is 0 Å². The molecule has 0 aliphatic heterocycles. The van der Waals surface area contributed by atoms with Gasteiger partial charge in [0.25, 0.3) is 0 Å². The lowest BCUT2D eigenvalue weighted by atomic mass is 10.1. The Kier molecular flexibility index (Phi) is 6.37. The number of pyridine rings is 1. The number of nitrogens with zero attached hydrogens (tertiary/aromatic N) is 1. The number of rotatable bonds is 8. The molecule has 1 atom stereocenters. The average molecular weight is 221 g/mol. The standard InChI is InChI=1S/C12H19N3O/c13-12(10-16)5-1-2-6-14-8-11-4-3-7-15-9-11/h3-4,7,9-10,12,14H,1-2,5-6,8,13H2/t12-/m1/s1. The van der Waals surface area contributed by atoms with Crippen molar-refractivity contribution in [2.45, 2.75) is 31.8 Å². The maximum Gasteiger partial charge on any atom is 0.136 e. The van der Waals surface area contributed by atoms with Crippen LogP contribution in [-0.4, -0.2) is 23.9 Å². The summed E-state index contributed by atoms with van der Waals surface area (Å²) in [5, 5.41) is 3.32. The zero-order chi connectivity index (χ0) is 11.6. The molecule has 0 radical (unpaired) electrons. The number of nitrogens with one attached hydrogen (secondary N) is 1. The molecule has 0 aliphatic rings. The molecule has 1 rings (SSSR count). The van der Waals surface area contributed by atoms with Crippen molar-refractivity contribution in [3.05, 3.63) is 30.1 Å². The van der Waals surface area contributed by atoms with Gasteiger partial charge in [-0.25, -0.2) is 0 Å². The number of unbranched alkanes of at least 4 members (excludes halogenated alkanes) is 1. The van der Waals surface area contributed by atoms with Gasteiger partial charge in [-0.15, -0.1) is 0 Å². The summed E-state index contributed by atoms with van der Waals surface area (Å²) in [6.07, 6.45) is 7.24. The van der Waals surface area contributed by atoms with E-state index in [4.69, 9.17) is 5.73 Å². The van der Waals surface area contributed by atoms with E-state index < -0.39 is 0 Å². The van der Waals surface area contributed by atoms with E-state index in [9.17, 15) is 4.79 Å². The third-order valence-electron chi connectivity index (χ3n) is 2.37. The summed E-state index contributed by atoms with van der Waals surface area (Å²) in [5.74, 6) is 0. The van der Waals surface area contributed by atoms with E-state index in [1.165, 1.54) is 5.56 Å². The molecule has 1 aromatic heterocycles. The highest BCUT2D eigenvalue weighted by Gasteiger charge is 1.98. The van der Waals surface area contributed by atoms with Gasteiger partial charge in [0.1, 0.15) is 6.29 Å². The van der Waals surface area contributed by atoms with Crippen LogP contribution in [0.3, 0.4) is 0 Å². The van der Waals surface area contributed by atoms with Crippen LogP contribution in [0.15, 0.2) is 24.5 Å². The van der Waals surface area contributed by atoms with E-state index in [0.717, 1.165) is 38.6 Å². The molecule has 0 bridgehead atoms. The second-order valence-electron chi connectivity index (χ2n) is 3.83. The van der Waals surface area contributed by atoms with E-state index in [1.54, 1.807) is 6.20 Å². The molecule has 0 saturated carbocycles. The number of aldehydes is 1. The monoisotopic (exact) mass is 221 g/mol. The zero-order valence-corrected chi connectivity index (χ0v) is 9.43. The molecule has 0 unspecified atom stereocenters. The van der Waals surface area contributed by atoms with Crippen molar-refractivity contribution in [3.8, 4) is 0 Å². The average Bonchev–Trinajstić information content (AvgIpc) is 2.34. The van der Waals surface area contributed by atoms with Gasteiger partial charge in [-0.05, 0) is 31.0 Å². The van der Waals surface area contributed by atoms with Gasteiger partial charge in [0.2, 0.25) is 0 Å². The number of hydrogen-bond acceptors (Lipinski definition) is 4. The van der Waals surface area contributed by atoms with Crippen molar-refractivity contribution in [2.24, 2.45) is 5.73 Å². The first-order valence-electron chi connectivity index (χ1n) is 5.63. The lowest BCUT2D eigenvalue weighted by Crippen LogP contribution is -2.22. The maximum absolute atomic E-state index is 10.3. The summed E-state index contributed by atoms with van der Waals surface area (Å²) in [7, 11) is 0. The van der Waals surface area contributed by atoms with Gasteiger partial charge in [-0.2, -0.15) is 0 Å². The quantitative estimate of drug-likeness (QED) is 0.505. The van der Waals surface area contributed by atoms with Crippen LogP contribution in [-0.2, 0) is 11.3 Å². The fourth-order valence-electron chi connectivity index (χ4n) is 1.43. The Labute approximate surface area is 96.3 Å². The van der Waals surface area contributed by atoms with Crippen LogP contribution >= 0.6 is 0 Å². The van der Waals surface area contributed by atoms with Gasteiger partial charge in [-0.1, -0.05) is 12.5 Å². The second kappa shape index (κ2) is 7.96. The molecule has 3 N–H and O–H groups in total. The van der Waals surface area contributed by atoms with Crippen LogP contribution in [0.1, 0.15) is 24.8 Å². The zero-order valence-electron chi connectivity index (χ0n) is 9.43. The lowest BCUT2D eigenvalue weighted by Gasteiger charge is -2.05. The summed E-state index contributed by atoms with van der Waals surface area (Å²) >= 11 is 0. The topological polar surface area (TPSA) is 68.0 Å². The summed E-state index contributed by atoms with van der Waals surface area (Å²) in [6, 6.07) is 3.68. The van der Waals surface area contributed by atoms with E-state index in [1.807, 2.05) is 18.3 Å². The number of aromatic nitrogens is 1. The van der Waals surface area contributed by atoms with Crippen LogP contribution in [0, 0.1) is 0 Å². The van der Waals surface area contributed by atoms with Gasteiger partial charge < -0.3 is 15.8 Å². The van der Waals surface area contributed by atoms with Gasteiger partial charge >= 0.3 is 0 Å². The van der Waals surface area contributed by atoms with Crippen LogP contribution < -0.4 is 11.1 Å². The Balaban J connectivity index is 1.98. The van der Waals surface area contributed by atoms with Crippen molar-refractivity contribution in [2.75, 3.05) is 6.54 Å². The summed E-state index contributed by atoms with van der Waals surface area (Å²) in [4.78, 5) is 14.3. The van der Waals surface area contributed by atoms with Crippen molar-refractivity contribution in [1.29, 1.82) is 0 Å². The molecule has 1 aromatic rings. The molecule has 0 amide bonds. The first-order chi connectivity index (χ1) is 7.83. The van der Waals surface area contributed by atoms with E-state index in [-0.39, 0.29) is 6.04 Å². The smallest absolute Gasteiger partial charge is 0.136 e. The van der Waals surface area contributed by atoms with Crippen LogP contribution in [0.25, 0.3) is 0 Å². The first-order valence-corrected chi connectivity index (χ1v) is 5.63. The molecule has 0 saturated heterocycles. The van der Waals surface area contributed by atoms with Crippen molar-refractivity contribution in [1.82, 2.24) is 10.3 Å². The number of carbonyl (C=O) groups is 1. The fraction of sp³-hybridized carbons (Fsp3) is 0.500. The van der Waals surface area contributed by atoms with E-state index >= 15 is 0 Å². The minimum atomic E-state index is -0.293. The molecule has 4 heteroatoms. The third-order valence-corrected chi connectivity index (χ3v) is 2.37. The number of hydrogen-bond donors (Lipinski definition) is 2. The minimum Gasteiger partial charge on any atom is -0.322 e. The Bertz CT molecular complexity index is 290. The highest BCUT2D eigenvalue weighted by atomic mass is 16.1. The van der Waals surface area contributed by atoms with Crippen molar-refractivity contribution >= 4 is 6.29 Å². The Hall–Kier alpha value is -1.26. The molecule has 4 nitrogen and oxygen atoms in total. The Morgan fingerprint density at radius 1 is 1.50 bits per heavy atom. The fourth-order valence-corrected chi connectivity index (χ4v) is 1.43. The number of carbonyl (C=O) groups excluding carboxylic acids is 1. The second-order valence-corrected chi connectivity index (χ2v) is 3.83. The summed E-state index contributed by atoms with van der Waals surface area (Å²) < 4.78 is 0. The van der Waals surface area contributed by atoms with Gasteiger partial charge in [-0.3, -0.25) is 4.98 Å². The molecule has 0 aromatic carbocycles. The highest BCUT2D eigenvalue weighted by Crippen LogP contribution is 1.98. The van der Waals surface area contributed by atoms with Crippen LogP contribution in [0.2, 0.25) is 0 Å². The predicted octanol–water partition coefficient (Wildman–Crippen LogP) is 0.868. The minimum absolute atomic E-state index is 0.293. The van der Waals surface area contributed by atoms with Gasteiger partial charge in [0, 0.05) is 18.9 Å². The lowest BCUT2D eigenvalue weighted by molar-refractivity contribution is -0.109. The molecule has 16 heavy (non-hydrogen) atoms. The first kappa shape index (κ1) is 12.8. The van der Waals surface area contributed by atoms with E-state index in [2.05, 4.69) is 10.3 Å². The predicted molar refractivity (Wildman–Crippen MR) is 63.8 cm³/mol. The Morgan fingerprint density at radius 2 is 2.38 bits per heavy atom. The largest absolute Gasteiger partial charge is 0.322 e. The van der Waals surface area contributed by atoms with Gasteiger partial charge in [0.05, 0.1) is 6.04 Å². The van der Waals surface area contributed by atoms with Crippen LogP contribution in [0.5, 0.6) is 0 Å². The Morgan fingerprint density at radius 3 is 3.06 bits per heavy atom. The normalized spacial score (nSPS) is 12.3. The third kappa shape index (κ3) is 5.58. The molecule has 0 fully saturated rings. The summed E-state index contributed by atoms with van der Waals surface area (Å²) in [5.41, 5.74) is 6.67. The molecular weight excluding hydrogens is 202 g/mol. The highest BCUT2D eigenvalue weighted by molar-refractivity contribution is 5.56. The molecule has 88 valence electrons. The van der Waals surface area contributed by atoms with E-state index in [0.29, 0.717) is 0 Å². The van der Waals surface area contributed by atoms with Crippen molar-refractivity contribution < 1.29 is 4.79 Å². The van der Waals surface area contributed by atoms with Gasteiger partial charge in [0.15, 0.2) is 0 Å². The molecule has 1 heterocycles. The SMILES string of the molecule is N[C@@H](C=O)CCCCNCc1cccnc1. The molecule has 0 aliphatic carbocycles. The molecular formula is C12H19N3O.